The molecular formula is C26H24O3. The van der Waals surface area contributed by atoms with E-state index in [4.69, 9.17) is 9.47 Å². The van der Waals surface area contributed by atoms with Gasteiger partial charge in [-0.2, -0.15) is 0 Å². The highest BCUT2D eigenvalue weighted by Crippen LogP contribution is 2.42. The van der Waals surface area contributed by atoms with Crippen LogP contribution >= 0.6 is 0 Å². The van der Waals surface area contributed by atoms with Crippen molar-refractivity contribution in [1.82, 2.24) is 0 Å². The van der Waals surface area contributed by atoms with Gasteiger partial charge in [-0.25, -0.2) is 4.79 Å². The van der Waals surface area contributed by atoms with E-state index in [0.717, 1.165) is 44.8 Å². The first-order chi connectivity index (χ1) is 14.1. The molecule has 4 aromatic rings. The van der Waals surface area contributed by atoms with Gasteiger partial charge >= 0.3 is 5.97 Å². The molecule has 0 heterocycles. The number of ether oxygens (including phenoxy) is 2. The van der Waals surface area contributed by atoms with Crippen molar-refractivity contribution in [3.8, 4) is 16.9 Å². The summed E-state index contributed by atoms with van der Waals surface area (Å²) in [6.45, 7) is 3.92. The zero-order chi connectivity index (χ0) is 20.4. The molecular weight excluding hydrogens is 360 g/mol. The Labute approximate surface area is 170 Å². The molecule has 0 saturated heterocycles. The highest BCUT2D eigenvalue weighted by atomic mass is 16.5. The van der Waals surface area contributed by atoms with Crippen LogP contribution in [0.4, 0.5) is 0 Å². The third-order valence-corrected chi connectivity index (χ3v) is 5.39. The smallest absolute Gasteiger partial charge is 0.339 e. The summed E-state index contributed by atoms with van der Waals surface area (Å²) < 4.78 is 11.4. The number of methoxy groups -OCH3 is 1. The van der Waals surface area contributed by atoms with E-state index in [9.17, 15) is 4.79 Å². The number of carbonyl (C=O) groups excluding carboxylic acids is 1. The van der Waals surface area contributed by atoms with Gasteiger partial charge in [0.15, 0.2) is 0 Å². The first-order valence-corrected chi connectivity index (χ1v) is 9.93. The molecule has 146 valence electrons. The fourth-order valence-corrected chi connectivity index (χ4v) is 3.72. The van der Waals surface area contributed by atoms with Gasteiger partial charge in [-0.1, -0.05) is 67.6 Å². The van der Waals surface area contributed by atoms with Crippen LogP contribution in [-0.4, -0.2) is 19.2 Å². The van der Waals surface area contributed by atoms with Gasteiger partial charge < -0.3 is 9.47 Å². The lowest BCUT2D eigenvalue weighted by Crippen LogP contribution is -2.15. The summed E-state index contributed by atoms with van der Waals surface area (Å²) in [6, 6.07) is 24.1. The molecule has 0 saturated carbocycles. The summed E-state index contributed by atoms with van der Waals surface area (Å²) in [5.41, 5.74) is 2.32. The average molecular weight is 384 g/mol. The number of benzene rings is 4. The van der Waals surface area contributed by atoms with Crippen molar-refractivity contribution in [2.75, 3.05) is 7.11 Å². The summed E-state index contributed by atoms with van der Waals surface area (Å²) in [7, 11) is 1.66. The monoisotopic (exact) mass is 384 g/mol. The van der Waals surface area contributed by atoms with Crippen molar-refractivity contribution in [1.29, 1.82) is 0 Å². The molecule has 0 N–H and O–H groups in total. The second-order valence-corrected chi connectivity index (χ2v) is 7.20. The van der Waals surface area contributed by atoms with E-state index in [2.05, 4.69) is 18.2 Å². The fourth-order valence-electron chi connectivity index (χ4n) is 3.72. The van der Waals surface area contributed by atoms with Crippen LogP contribution in [0.15, 0.2) is 72.8 Å². The Hall–Kier alpha value is -3.33. The largest absolute Gasteiger partial charge is 0.496 e. The molecule has 29 heavy (non-hydrogen) atoms. The Balaban J connectivity index is 2.09. The minimum Gasteiger partial charge on any atom is -0.496 e. The average Bonchev–Trinajstić information content (AvgIpc) is 2.77. The molecule has 4 aromatic carbocycles. The van der Waals surface area contributed by atoms with Crippen LogP contribution < -0.4 is 4.74 Å². The van der Waals surface area contributed by atoms with Crippen LogP contribution in [0, 0.1) is 0 Å². The van der Waals surface area contributed by atoms with Gasteiger partial charge in [-0.3, -0.25) is 0 Å². The quantitative estimate of drug-likeness (QED) is 0.363. The number of fused-ring (bicyclic) bond motifs is 2. The molecule has 0 radical (unpaired) electrons. The summed E-state index contributed by atoms with van der Waals surface area (Å²) >= 11 is 0. The van der Waals surface area contributed by atoms with Crippen LogP contribution in [-0.2, 0) is 4.74 Å². The minimum absolute atomic E-state index is 0.142. The minimum atomic E-state index is -0.310. The van der Waals surface area contributed by atoms with Crippen molar-refractivity contribution in [3.63, 3.8) is 0 Å². The van der Waals surface area contributed by atoms with Crippen LogP contribution in [0.25, 0.3) is 32.7 Å². The fraction of sp³-hybridized carbons (Fsp3) is 0.192. The number of carbonyl (C=O) groups is 1. The van der Waals surface area contributed by atoms with Crippen LogP contribution in [0.2, 0.25) is 0 Å². The van der Waals surface area contributed by atoms with E-state index in [1.54, 1.807) is 7.11 Å². The summed E-state index contributed by atoms with van der Waals surface area (Å²) in [5, 5.41) is 4.21. The molecule has 1 atom stereocenters. The zero-order valence-corrected chi connectivity index (χ0v) is 16.9. The summed E-state index contributed by atoms with van der Waals surface area (Å²) in [6.07, 6.45) is 0.628. The van der Waals surface area contributed by atoms with Crippen molar-refractivity contribution in [2.24, 2.45) is 0 Å². The molecule has 0 aromatic heterocycles. The molecule has 4 rings (SSSR count). The lowest BCUT2D eigenvalue weighted by atomic mass is 9.89. The summed E-state index contributed by atoms with van der Waals surface area (Å²) in [5.74, 6) is 0.424. The van der Waals surface area contributed by atoms with Gasteiger partial charge in [0.1, 0.15) is 5.75 Å². The van der Waals surface area contributed by atoms with Gasteiger partial charge in [-0.05, 0) is 47.0 Å². The van der Waals surface area contributed by atoms with E-state index in [0.29, 0.717) is 5.56 Å². The first-order valence-electron chi connectivity index (χ1n) is 9.93. The number of esters is 1. The Morgan fingerprint density at radius 2 is 1.41 bits per heavy atom. The third-order valence-electron chi connectivity index (χ3n) is 5.39. The highest BCUT2D eigenvalue weighted by molar-refractivity contribution is 6.14. The number of rotatable bonds is 5. The maximum absolute atomic E-state index is 13.1. The standard InChI is InChI=1S/C26H24O3/c1-4-17(2)29-26(27)22-15-13-18-9-5-7-11-20(18)24(22)25-21-12-8-6-10-19(21)14-16-23(25)28-3/h5-17H,4H2,1-3H3/t17-/m0/s1. The van der Waals surface area contributed by atoms with Gasteiger partial charge in [0.25, 0.3) is 0 Å². The van der Waals surface area contributed by atoms with Crippen LogP contribution in [0.5, 0.6) is 5.75 Å². The molecule has 0 aliphatic carbocycles. The number of hydrogen-bond donors (Lipinski definition) is 0. The van der Waals surface area contributed by atoms with E-state index < -0.39 is 0 Å². The second-order valence-electron chi connectivity index (χ2n) is 7.20. The van der Waals surface area contributed by atoms with Crippen molar-refractivity contribution in [2.45, 2.75) is 26.4 Å². The maximum Gasteiger partial charge on any atom is 0.339 e. The predicted octanol–water partition coefficient (Wildman–Crippen LogP) is 6.62. The lowest BCUT2D eigenvalue weighted by Gasteiger charge is -2.19. The predicted molar refractivity (Wildman–Crippen MR) is 119 cm³/mol. The maximum atomic E-state index is 13.1. The lowest BCUT2D eigenvalue weighted by molar-refractivity contribution is 0.0335. The van der Waals surface area contributed by atoms with E-state index in [-0.39, 0.29) is 12.1 Å². The molecule has 0 amide bonds. The molecule has 3 nitrogen and oxygen atoms in total. The van der Waals surface area contributed by atoms with E-state index >= 15 is 0 Å². The highest BCUT2D eigenvalue weighted by Gasteiger charge is 2.22. The third kappa shape index (κ3) is 3.44. The second kappa shape index (κ2) is 7.96. The normalized spacial score (nSPS) is 12.1. The summed E-state index contributed by atoms with van der Waals surface area (Å²) in [4.78, 5) is 13.1. The molecule has 0 bridgehead atoms. The Kier molecular flexibility index (Phi) is 5.22. The van der Waals surface area contributed by atoms with Gasteiger partial charge in [0, 0.05) is 11.1 Å². The van der Waals surface area contributed by atoms with Crippen molar-refractivity contribution < 1.29 is 14.3 Å². The molecule has 0 aliphatic rings. The molecule has 0 fully saturated rings. The van der Waals surface area contributed by atoms with Crippen LogP contribution in [0.1, 0.15) is 30.6 Å². The van der Waals surface area contributed by atoms with Crippen molar-refractivity contribution >= 4 is 27.5 Å². The van der Waals surface area contributed by atoms with Gasteiger partial charge in [0.05, 0.1) is 18.8 Å². The number of hydrogen-bond acceptors (Lipinski definition) is 3. The SMILES string of the molecule is CC[C@H](C)OC(=O)c1ccc2ccccc2c1-c1c(OC)ccc2ccccc12. The Bertz CT molecular complexity index is 1190. The van der Waals surface area contributed by atoms with Gasteiger partial charge in [-0.15, -0.1) is 0 Å². The molecule has 0 aliphatic heterocycles. The zero-order valence-electron chi connectivity index (χ0n) is 16.9. The van der Waals surface area contributed by atoms with Crippen LogP contribution in [0.3, 0.4) is 0 Å². The molecule has 0 unspecified atom stereocenters. The van der Waals surface area contributed by atoms with Crippen molar-refractivity contribution in [3.05, 3.63) is 78.4 Å². The molecule has 0 spiro atoms. The Morgan fingerprint density at radius 3 is 2.03 bits per heavy atom. The van der Waals surface area contributed by atoms with Gasteiger partial charge in [0.2, 0.25) is 0 Å². The Morgan fingerprint density at radius 1 is 0.828 bits per heavy atom. The molecule has 3 heteroatoms. The topological polar surface area (TPSA) is 35.5 Å². The first kappa shape index (κ1) is 19.0. The van der Waals surface area contributed by atoms with E-state index in [1.165, 1.54) is 0 Å². The van der Waals surface area contributed by atoms with E-state index in [1.807, 2.05) is 68.4 Å².